The molecule has 1 aliphatic heterocycles. The number of hydrogen-bond acceptors (Lipinski definition) is 4. The fourth-order valence-corrected chi connectivity index (χ4v) is 2.84. The lowest BCUT2D eigenvalue weighted by Gasteiger charge is -2.37. The SMILES string of the molecule is CC(C)(C)[Si](C)(C)OCC1Oc2cc(C=O)ccc2NC1=O. The average molecular weight is 321 g/mol. The number of benzene rings is 1. The fourth-order valence-electron chi connectivity index (χ4n) is 1.84. The van der Waals surface area contributed by atoms with E-state index in [2.05, 4.69) is 39.2 Å². The highest BCUT2D eigenvalue weighted by atomic mass is 28.4. The van der Waals surface area contributed by atoms with Gasteiger partial charge in [-0.1, -0.05) is 20.8 Å². The largest absolute Gasteiger partial charge is 0.476 e. The molecule has 1 N–H and O–H groups in total. The zero-order valence-electron chi connectivity index (χ0n) is 13.7. The predicted octanol–water partition coefficient (Wildman–Crippen LogP) is 3.22. The van der Waals surface area contributed by atoms with Gasteiger partial charge < -0.3 is 14.5 Å². The first-order valence-electron chi connectivity index (χ1n) is 7.35. The minimum Gasteiger partial charge on any atom is -0.476 e. The first-order valence-corrected chi connectivity index (χ1v) is 10.3. The van der Waals surface area contributed by atoms with Crippen LogP contribution in [0.3, 0.4) is 0 Å². The maximum atomic E-state index is 12.1. The smallest absolute Gasteiger partial charge is 0.267 e. The molecule has 5 nitrogen and oxygen atoms in total. The Bertz CT molecular complexity index is 592. The Kier molecular flexibility index (Phi) is 4.44. The van der Waals surface area contributed by atoms with Gasteiger partial charge in [0.1, 0.15) is 12.0 Å². The van der Waals surface area contributed by atoms with Crippen LogP contribution in [-0.2, 0) is 9.22 Å². The summed E-state index contributed by atoms with van der Waals surface area (Å²) < 4.78 is 11.8. The summed E-state index contributed by atoms with van der Waals surface area (Å²) in [6, 6.07) is 4.94. The van der Waals surface area contributed by atoms with Crippen LogP contribution in [0.1, 0.15) is 31.1 Å². The fraction of sp³-hybridized carbons (Fsp3) is 0.500. The molecule has 0 radical (unpaired) electrons. The first kappa shape index (κ1) is 16.7. The molecule has 0 saturated heterocycles. The number of ether oxygens (including phenoxy) is 1. The quantitative estimate of drug-likeness (QED) is 0.683. The lowest BCUT2D eigenvalue weighted by Crippen LogP contribution is -2.47. The van der Waals surface area contributed by atoms with E-state index in [4.69, 9.17) is 9.16 Å². The summed E-state index contributed by atoms with van der Waals surface area (Å²) >= 11 is 0. The molecular formula is C16H23NO4Si. The Hall–Kier alpha value is -1.66. The van der Waals surface area contributed by atoms with Crippen LogP contribution in [0.5, 0.6) is 5.75 Å². The van der Waals surface area contributed by atoms with Crippen molar-refractivity contribution in [3.63, 3.8) is 0 Å². The Balaban J connectivity index is 2.10. The normalized spacial score (nSPS) is 18.2. The molecule has 0 bridgehead atoms. The number of amides is 1. The summed E-state index contributed by atoms with van der Waals surface area (Å²) in [6.07, 6.45) is 0.0600. The number of anilines is 1. The van der Waals surface area contributed by atoms with Crippen LogP contribution in [-0.4, -0.2) is 33.2 Å². The van der Waals surface area contributed by atoms with Crippen molar-refractivity contribution in [1.82, 2.24) is 0 Å². The lowest BCUT2D eigenvalue weighted by atomic mass is 10.1. The van der Waals surface area contributed by atoms with Gasteiger partial charge in [-0.25, -0.2) is 0 Å². The Morgan fingerprint density at radius 3 is 2.64 bits per heavy atom. The number of nitrogens with one attached hydrogen (secondary N) is 1. The van der Waals surface area contributed by atoms with Gasteiger partial charge in [-0.3, -0.25) is 9.59 Å². The molecule has 120 valence electrons. The molecule has 1 aromatic carbocycles. The van der Waals surface area contributed by atoms with Crippen molar-refractivity contribution in [2.45, 2.75) is 45.0 Å². The van der Waals surface area contributed by atoms with E-state index in [1.54, 1.807) is 18.2 Å². The third-order valence-electron chi connectivity index (χ3n) is 4.36. The summed E-state index contributed by atoms with van der Waals surface area (Å²) in [4.78, 5) is 23.0. The number of fused-ring (bicyclic) bond motifs is 1. The first-order chi connectivity index (χ1) is 10.1. The van der Waals surface area contributed by atoms with E-state index in [1.807, 2.05) is 0 Å². The second-order valence-electron chi connectivity index (χ2n) is 7.04. The van der Waals surface area contributed by atoms with E-state index in [0.29, 0.717) is 17.0 Å². The molecule has 1 aliphatic rings. The van der Waals surface area contributed by atoms with Gasteiger partial charge in [0.15, 0.2) is 14.4 Å². The molecule has 1 heterocycles. The number of rotatable bonds is 4. The summed E-state index contributed by atoms with van der Waals surface area (Å²) in [5.74, 6) is 0.290. The number of carbonyl (C=O) groups is 2. The lowest BCUT2D eigenvalue weighted by molar-refractivity contribution is -0.124. The van der Waals surface area contributed by atoms with Gasteiger partial charge in [-0.15, -0.1) is 0 Å². The predicted molar refractivity (Wildman–Crippen MR) is 88.0 cm³/mol. The monoisotopic (exact) mass is 321 g/mol. The van der Waals surface area contributed by atoms with Gasteiger partial charge >= 0.3 is 0 Å². The van der Waals surface area contributed by atoms with Crippen molar-refractivity contribution in [2.24, 2.45) is 0 Å². The van der Waals surface area contributed by atoms with Crippen molar-refractivity contribution in [1.29, 1.82) is 0 Å². The molecule has 0 aliphatic carbocycles. The molecule has 1 atom stereocenters. The zero-order chi connectivity index (χ0) is 16.5. The average Bonchev–Trinajstić information content (AvgIpc) is 2.43. The highest BCUT2D eigenvalue weighted by Crippen LogP contribution is 2.37. The molecule has 0 aromatic heterocycles. The molecule has 1 unspecified atom stereocenters. The van der Waals surface area contributed by atoms with E-state index in [1.165, 1.54) is 0 Å². The van der Waals surface area contributed by atoms with E-state index in [9.17, 15) is 9.59 Å². The van der Waals surface area contributed by atoms with Crippen LogP contribution in [0.15, 0.2) is 18.2 Å². The Morgan fingerprint density at radius 2 is 2.05 bits per heavy atom. The van der Waals surface area contributed by atoms with E-state index in [0.717, 1.165) is 6.29 Å². The van der Waals surface area contributed by atoms with E-state index < -0.39 is 14.4 Å². The third-order valence-corrected chi connectivity index (χ3v) is 8.86. The molecular weight excluding hydrogens is 298 g/mol. The molecule has 22 heavy (non-hydrogen) atoms. The van der Waals surface area contributed by atoms with Crippen molar-refractivity contribution in [3.05, 3.63) is 23.8 Å². The number of carbonyl (C=O) groups excluding carboxylic acids is 2. The van der Waals surface area contributed by atoms with Gasteiger partial charge in [0.25, 0.3) is 5.91 Å². The summed E-state index contributed by atoms with van der Waals surface area (Å²) in [6.45, 7) is 10.9. The highest BCUT2D eigenvalue weighted by Gasteiger charge is 2.39. The number of aldehydes is 1. The van der Waals surface area contributed by atoms with Crippen molar-refractivity contribution in [2.75, 3.05) is 11.9 Å². The van der Waals surface area contributed by atoms with Crippen LogP contribution in [0.25, 0.3) is 0 Å². The Morgan fingerprint density at radius 1 is 1.36 bits per heavy atom. The highest BCUT2D eigenvalue weighted by molar-refractivity contribution is 6.74. The maximum absolute atomic E-state index is 12.1. The summed E-state index contributed by atoms with van der Waals surface area (Å²) in [5, 5.41) is 2.86. The topological polar surface area (TPSA) is 64.6 Å². The Labute approximate surface area is 132 Å². The number of hydrogen-bond donors (Lipinski definition) is 1. The van der Waals surface area contributed by atoms with Gasteiger partial charge in [0.2, 0.25) is 0 Å². The van der Waals surface area contributed by atoms with Gasteiger partial charge in [-0.05, 0) is 36.3 Å². The molecule has 2 rings (SSSR count). The molecule has 0 fully saturated rings. The minimum absolute atomic E-state index is 0.0702. The zero-order valence-corrected chi connectivity index (χ0v) is 14.7. The van der Waals surface area contributed by atoms with Crippen LogP contribution in [0.4, 0.5) is 5.69 Å². The third kappa shape index (κ3) is 3.39. The van der Waals surface area contributed by atoms with E-state index >= 15 is 0 Å². The van der Waals surface area contributed by atoms with Gasteiger partial charge in [0.05, 0.1) is 12.3 Å². The second kappa shape index (κ2) is 5.85. The molecule has 6 heteroatoms. The summed E-state index contributed by atoms with van der Waals surface area (Å²) in [5.41, 5.74) is 1.10. The van der Waals surface area contributed by atoms with Gasteiger partial charge in [-0.2, -0.15) is 0 Å². The van der Waals surface area contributed by atoms with Crippen LogP contribution < -0.4 is 10.1 Å². The summed E-state index contributed by atoms with van der Waals surface area (Å²) in [7, 11) is -1.94. The van der Waals surface area contributed by atoms with E-state index in [-0.39, 0.29) is 17.6 Å². The van der Waals surface area contributed by atoms with Crippen LogP contribution in [0.2, 0.25) is 18.1 Å². The van der Waals surface area contributed by atoms with Crippen molar-refractivity contribution in [3.8, 4) is 5.75 Å². The van der Waals surface area contributed by atoms with Crippen molar-refractivity contribution >= 4 is 26.2 Å². The molecule has 0 spiro atoms. The van der Waals surface area contributed by atoms with Crippen LogP contribution in [0, 0.1) is 0 Å². The molecule has 1 amide bonds. The molecule has 1 aromatic rings. The second-order valence-corrected chi connectivity index (χ2v) is 11.8. The van der Waals surface area contributed by atoms with Crippen molar-refractivity contribution < 1.29 is 18.8 Å². The minimum atomic E-state index is -1.94. The van der Waals surface area contributed by atoms with Gasteiger partial charge in [0, 0.05) is 5.56 Å². The van der Waals surface area contributed by atoms with Crippen LogP contribution >= 0.6 is 0 Å². The standard InChI is InChI=1S/C16H23NO4Si/c1-16(2,3)22(4,5)20-10-14-15(19)17-12-7-6-11(9-18)8-13(12)21-14/h6-9,14H,10H2,1-5H3,(H,17,19). The maximum Gasteiger partial charge on any atom is 0.267 e. The molecule has 0 saturated carbocycles.